The van der Waals surface area contributed by atoms with E-state index in [1.807, 2.05) is 0 Å². The van der Waals surface area contributed by atoms with E-state index in [1.54, 1.807) is 0 Å². The van der Waals surface area contributed by atoms with Crippen molar-refractivity contribution in [1.82, 2.24) is 14.5 Å². The molecule has 2 aromatic heterocycles. The molecule has 0 saturated heterocycles. The minimum atomic E-state index is 0.198. The topological polar surface area (TPSA) is 21.9 Å². The van der Waals surface area contributed by atoms with Gasteiger partial charge in [0.15, 0.2) is 0 Å². The minimum absolute atomic E-state index is 0.198. The number of hydrogen-bond acceptors (Lipinski definition) is 1. The third-order valence-electron chi connectivity index (χ3n) is 10.5. The van der Waals surface area contributed by atoms with Crippen LogP contribution in [-0.2, 0) is 0 Å². The van der Waals surface area contributed by atoms with Crippen LogP contribution in [0.1, 0.15) is 25.7 Å². The van der Waals surface area contributed by atoms with Crippen molar-refractivity contribution in [2.24, 2.45) is 0 Å². The molecule has 4 aliphatic rings. The average Bonchev–Trinajstić information content (AvgIpc) is 3.66. The Hall–Kier alpha value is -5.80. The monoisotopic (exact) mass is 617 g/mol. The van der Waals surface area contributed by atoms with Crippen LogP contribution in [0.4, 0.5) is 0 Å². The van der Waals surface area contributed by atoms with Crippen molar-refractivity contribution in [2.75, 3.05) is 0 Å². The summed E-state index contributed by atoms with van der Waals surface area (Å²) in [5.41, 5.74) is 14.2. The molecule has 1 aliphatic heterocycles. The van der Waals surface area contributed by atoms with E-state index in [-0.39, 0.29) is 6.04 Å². The normalized spacial score (nSPS) is 19.0. The van der Waals surface area contributed by atoms with Crippen LogP contribution in [0.3, 0.4) is 0 Å². The standard InChI is InChI=1S/C45H35N3/c1-3-13-30(14-4-1)37-28-41(46-40-20-10-7-17-34(37)40)31-23-25-33(26-24-31)48-43-22-12-9-19-36(43)39-27-38-35-18-8-11-21-42(35)47(44(38)29-45(39)48)32-15-5-2-6-16-32/h2-3,5-23,25,27-29,40,46H,1,4,24,26H2. The highest BCUT2D eigenvalue weighted by molar-refractivity contribution is 6.19. The van der Waals surface area contributed by atoms with E-state index < -0.39 is 0 Å². The summed E-state index contributed by atoms with van der Waals surface area (Å²) in [6.07, 6.45) is 27.2. The predicted molar refractivity (Wildman–Crippen MR) is 202 cm³/mol. The largest absolute Gasteiger partial charge is 0.374 e. The third kappa shape index (κ3) is 4.21. The Labute approximate surface area is 280 Å². The summed E-state index contributed by atoms with van der Waals surface area (Å²) >= 11 is 0. The van der Waals surface area contributed by atoms with Crippen LogP contribution in [0.5, 0.6) is 0 Å². The van der Waals surface area contributed by atoms with Gasteiger partial charge in [-0.25, -0.2) is 0 Å². The summed E-state index contributed by atoms with van der Waals surface area (Å²) in [5, 5.41) is 9.04. The van der Waals surface area contributed by atoms with Crippen LogP contribution >= 0.6 is 0 Å². The maximum Gasteiger partial charge on any atom is 0.0707 e. The van der Waals surface area contributed by atoms with Gasteiger partial charge in [0.05, 0.1) is 28.1 Å². The zero-order chi connectivity index (χ0) is 31.6. The number of nitrogens with one attached hydrogen (secondary N) is 1. The number of allylic oxidation sites excluding steroid dienone is 12. The highest BCUT2D eigenvalue weighted by Gasteiger charge is 2.26. The highest BCUT2D eigenvalue weighted by Crippen LogP contribution is 2.41. The average molecular weight is 618 g/mol. The first-order valence-electron chi connectivity index (χ1n) is 17.2. The number of para-hydroxylation sites is 3. The molecule has 3 heteroatoms. The van der Waals surface area contributed by atoms with Crippen LogP contribution in [0.25, 0.3) is 55.0 Å². The molecule has 1 unspecified atom stereocenters. The second kappa shape index (κ2) is 10.9. The number of aromatic nitrogens is 2. The SMILES string of the molecule is C1=CC2=C(C3=CCCC=C3)C=C(C3=CC=C(n4c5ccccc5c5cc6c7ccccc7n(-c7ccccc7)c6cc54)CC3)NC2C=C1. The Morgan fingerprint density at radius 1 is 0.625 bits per heavy atom. The predicted octanol–water partition coefficient (Wildman–Crippen LogP) is 11.0. The van der Waals surface area contributed by atoms with Gasteiger partial charge in [0.25, 0.3) is 0 Å². The van der Waals surface area contributed by atoms with Gasteiger partial charge in [0.1, 0.15) is 0 Å². The van der Waals surface area contributed by atoms with Gasteiger partial charge in [-0.15, -0.1) is 0 Å². The maximum absolute atomic E-state index is 3.86. The van der Waals surface area contributed by atoms with Crippen LogP contribution in [0, 0.1) is 0 Å². The first-order chi connectivity index (χ1) is 23.8. The van der Waals surface area contributed by atoms with E-state index in [0.29, 0.717) is 0 Å². The number of dihydropyridines is 1. The molecule has 0 fully saturated rings. The second-order valence-corrected chi connectivity index (χ2v) is 13.2. The number of hydrogen-bond donors (Lipinski definition) is 1. The van der Waals surface area contributed by atoms with E-state index >= 15 is 0 Å². The van der Waals surface area contributed by atoms with Crippen molar-refractivity contribution < 1.29 is 0 Å². The number of rotatable bonds is 4. The number of nitrogens with zero attached hydrogens (tertiary/aromatic N) is 2. The van der Waals surface area contributed by atoms with Crippen molar-refractivity contribution in [3.05, 3.63) is 180 Å². The van der Waals surface area contributed by atoms with Gasteiger partial charge in [0.2, 0.25) is 0 Å². The lowest BCUT2D eigenvalue weighted by Crippen LogP contribution is -2.34. The zero-order valence-electron chi connectivity index (χ0n) is 26.7. The third-order valence-corrected chi connectivity index (χ3v) is 10.5. The molecule has 10 rings (SSSR count). The molecule has 0 spiro atoms. The lowest BCUT2D eigenvalue weighted by molar-refractivity contribution is 0.731. The highest BCUT2D eigenvalue weighted by atomic mass is 15.0. The summed E-state index contributed by atoms with van der Waals surface area (Å²) in [5.74, 6) is 0. The van der Waals surface area contributed by atoms with E-state index in [0.717, 1.165) is 25.7 Å². The lowest BCUT2D eigenvalue weighted by Gasteiger charge is -2.31. The van der Waals surface area contributed by atoms with E-state index in [1.165, 1.54) is 83.0 Å². The van der Waals surface area contributed by atoms with Gasteiger partial charge < -0.3 is 14.5 Å². The molecular formula is C45H35N3. The van der Waals surface area contributed by atoms with Crippen LogP contribution in [0.2, 0.25) is 0 Å². The Kier molecular flexibility index (Phi) is 6.20. The van der Waals surface area contributed by atoms with Crippen LogP contribution < -0.4 is 5.32 Å². The first kappa shape index (κ1) is 27.3. The van der Waals surface area contributed by atoms with Gasteiger partial charge in [-0.2, -0.15) is 0 Å². The molecule has 0 saturated carbocycles. The maximum atomic E-state index is 3.86. The van der Waals surface area contributed by atoms with Gasteiger partial charge in [-0.05, 0) is 96.5 Å². The van der Waals surface area contributed by atoms with Gasteiger partial charge >= 0.3 is 0 Å². The number of fused-ring (bicyclic) bond motifs is 7. The Balaban J connectivity index is 1.14. The minimum Gasteiger partial charge on any atom is -0.374 e. The van der Waals surface area contributed by atoms with Crippen molar-refractivity contribution in [3.8, 4) is 5.69 Å². The second-order valence-electron chi connectivity index (χ2n) is 13.2. The van der Waals surface area contributed by atoms with Crippen LogP contribution in [-0.4, -0.2) is 15.2 Å². The molecule has 1 atom stereocenters. The van der Waals surface area contributed by atoms with Crippen molar-refractivity contribution in [3.63, 3.8) is 0 Å². The van der Waals surface area contributed by atoms with Gasteiger partial charge in [-0.3, -0.25) is 0 Å². The molecule has 4 aromatic carbocycles. The summed E-state index contributed by atoms with van der Waals surface area (Å²) in [6, 6.07) is 33.5. The Bertz CT molecular complexity index is 2570. The van der Waals surface area contributed by atoms with Gasteiger partial charge in [0, 0.05) is 38.6 Å². The summed E-state index contributed by atoms with van der Waals surface area (Å²) in [4.78, 5) is 0. The quantitative estimate of drug-likeness (QED) is 0.209. The molecule has 230 valence electrons. The fourth-order valence-corrected chi connectivity index (χ4v) is 8.24. The molecule has 48 heavy (non-hydrogen) atoms. The molecule has 6 aromatic rings. The summed E-state index contributed by atoms with van der Waals surface area (Å²) in [7, 11) is 0. The van der Waals surface area contributed by atoms with Crippen LogP contribution in [0.15, 0.2) is 180 Å². The molecular weight excluding hydrogens is 583 g/mol. The van der Waals surface area contributed by atoms with E-state index in [2.05, 4.69) is 166 Å². The fourth-order valence-electron chi connectivity index (χ4n) is 8.24. The number of benzene rings is 4. The molecule has 3 aliphatic carbocycles. The lowest BCUT2D eigenvalue weighted by atomic mass is 9.85. The van der Waals surface area contributed by atoms with Crippen molar-refractivity contribution >= 4 is 49.3 Å². The first-order valence-corrected chi connectivity index (χ1v) is 17.2. The molecule has 0 radical (unpaired) electrons. The summed E-state index contributed by atoms with van der Waals surface area (Å²) in [6.45, 7) is 0. The fraction of sp³-hybridized carbons (Fsp3) is 0.111. The van der Waals surface area contributed by atoms with E-state index in [9.17, 15) is 0 Å². The molecule has 3 nitrogen and oxygen atoms in total. The molecule has 0 amide bonds. The van der Waals surface area contributed by atoms with Crippen molar-refractivity contribution in [1.29, 1.82) is 0 Å². The molecule has 1 N–H and O–H groups in total. The zero-order valence-corrected chi connectivity index (χ0v) is 26.7. The smallest absolute Gasteiger partial charge is 0.0707 e. The van der Waals surface area contributed by atoms with Gasteiger partial charge in [-0.1, -0.05) is 103 Å². The summed E-state index contributed by atoms with van der Waals surface area (Å²) < 4.78 is 4.94. The Morgan fingerprint density at radius 3 is 2.12 bits per heavy atom. The van der Waals surface area contributed by atoms with Crippen molar-refractivity contribution in [2.45, 2.75) is 31.7 Å². The van der Waals surface area contributed by atoms with E-state index in [4.69, 9.17) is 0 Å². The molecule has 3 heterocycles. The Morgan fingerprint density at radius 2 is 1.38 bits per heavy atom. The molecule has 0 bridgehead atoms.